The van der Waals surface area contributed by atoms with Crippen LogP contribution in [0, 0.1) is 0 Å². The Morgan fingerprint density at radius 1 is 0.833 bits per heavy atom. The summed E-state index contributed by atoms with van der Waals surface area (Å²) in [4.78, 5) is 18.6. The molecule has 1 heterocycles. The van der Waals surface area contributed by atoms with Gasteiger partial charge in [0.1, 0.15) is 16.4 Å². The van der Waals surface area contributed by atoms with Crippen LogP contribution in [0.1, 0.15) is 15.2 Å². The van der Waals surface area contributed by atoms with Gasteiger partial charge in [-0.2, -0.15) is 0 Å². The Morgan fingerprint density at radius 2 is 1.43 bits per heavy atom. The second-order valence-corrected chi connectivity index (χ2v) is 7.47. The molecule has 0 radical (unpaired) electrons. The standard InChI is InChI=1S/C24H20N2O3S/c1-28-19-12-8-16(9-13-19)21-23(22(27)17-10-14-20(29-2)15-11-17)30-24(26-21)25-18-6-4-3-5-7-18/h3-15H,1-2H3,(H,25,26). The van der Waals surface area contributed by atoms with Crippen molar-refractivity contribution >= 4 is 27.9 Å². The first-order valence-corrected chi connectivity index (χ1v) is 10.2. The highest BCUT2D eigenvalue weighted by molar-refractivity contribution is 7.18. The average Bonchev–Trinajstić information content (AvgIpc) is 3.23. The largest absolute Gasteiger partial charge is 0.497 e. The van der Waals surface area contributed by atoms with Crippen molar-refractivity contribution in [3.8, 4) is 22.8 Å². The topological polar surface area (TPSA) is 60.5 Å². The molecule has 150 valence electrons. The van der Waals surface area contributed by atoms with Crippen LogP contribution >= 0.6 is 11.3 Å². The molecule has 0 saturated heterocycles. The highest BCUT2D eigenvalue weighted by Gasteiger charge is 2.21. The van der Waals surface area contributed by atoms with Gasteiger partial charge < -0.3 is 14.8 Å². The first-order chi connectivity index (χ1) is 14.7. The highest BCUT2D eigenvalue weighted by Crippen LogP contribution is 2.35. The van der Waals surface area contributed by atoms with E-state index in [1.165, 1.54) is 11.3 Å². The lowest BCUT2D eigenvalue weighted by Crippen LogP contribution is -2.01. The molecule has 1 aromatic heterocycles. The fraction of sp³-hybridized carbons (Fsp3) is 0.0833. The van der Waals surface area contributed by atoms with E-state index in [0.717, 1.165) is 17.0 Å². The summed E-state index contributed by atoms with van der Waals surface area (Å²) in [5, 5.41) is 3.95. The maximum Gasteiger partial charge on any atom is 0.205 e. The second-order valence-electron chi connectivity index (χ2n) is 6.47. The number of benzene rings is 3. The van der Waals surface area contributed by atoms with Crippen molar-refractivity contribution in [1.82, 2.24) is 4.98 Å². The van der Waals surface area contributed by atoms with Gasteiger partial charge in [0.15, 0.2) is 5.13 Å². The van der Waals surface area contributed by atoms with Crippen LogP contribution in [-0.2, 0) is 0 Å². The van der Waals surface area contributed by atoms with Gasteiger partial charge in [-0.25, -0.2) is 4.98 Å². The van der Waals surface area contributed by atoms with E-state index < -0.39 is 0 Å². The molecule has 0 aliphatic carbocycles. The third-order valence-electron chi connectivity index (χ3n) is 4.57. The molecule has 6 heteroatoms. The van der Waals surface area contributed by atoms with Crippen LogP contribution in [0.15, 0.2) is 78.9 Å². The van der Waals surface area contributed by atoms with E-state index in [1.807, 2.05) is 54.6 Å². The zero-order chi connectivity index (χ0) is 20.9. The zero-order valence-electron chi connectivity index (χ0n) is 16.6. The Labute approximate surface area is 178 Å². The van der Waals surface area contributed by atoms with E-state index in [2.05, 4.69) is 5.32 Å². The van der Waals surface area contributed by atoms with Crippen LogP contribution in [0.25, 0.3) is 11.3 Å². The highest BCUT2D eigenvalue weighted by atomic mass is 32.1. The number of anilines is 2. The number of thiazole rings is 1. The summed E-state index contributed by atoms with van der Waals surface area (Å²) < 4.78 is 10.4. The first-order valence-electron chi connectivity index (χ1n) is 9.34. The smallest absolute Gasteiger partial charge is 0.205 e. The number of nitrogens with zero attached hydrogens (tertiary/aromatic N) is 1. The summed E-state index contributed by atoms with van der Waals surface area (Å²) in [5.74, 6) is 1.37. The van der Waals surface area contributed by atoms with Crippen LogP contribution < -0.4 is 14.8 Å². The Kier molecular flexibility index (Phi) is 5.77. The van der Waals surface area contributed by atoms with Crippen molar-refractivity contribution in [1.29, 1.82) is 0 Å². The molecule has 0 aliphatic rings. The third kappa shape index (κ3) is 4.18. The van der Waals surface area contributed by atoms with Crippen LogP contribution in [0.3, 0.4) is 0 Å². The summed E-state index contributed by atoms with van der Waals surface area (Å²) >= 11 is 1.34. The summed E-state index contributed by atoms with van der Waals surface area (Å²) in [6.07, 6.45) is 0. The third-order valence-corrected chi connectivity index (χ3v) is 5.54. The zero-order valence-corrected chi connectivity index (χ0v) is 17.4. The number of ether oxygens (including phenoxy) is 2. The SMILES string of the molecule is COc1ccc(C(=O)c2sc(Nc3ccccc3)nc2-c2ccc(OC)cc2)cc1. The number of ketones is 1. The molecule has 30 heavy (non-hydrogen) atoms. The number of methoxy groups -OCH3 is 2. The van der Waals surface area contributed by atoms with Crippen LogP contribution in [-0.4, -0.2) is 25.0 Å². The van der Waals surface area contributed by atoms with Gasteiger partial charge in [0.25, 0.3) is 0 Å². The number of hydrogen-bond acceptors (Lipinski definition) is 6. The Morgan fingerprint density at radius 3 is 2.03 bits per heavy atom. The van der Waals surface area contributed by atoms with E-state index in [0.29, 0.717) is 27.0 Å². The minimum Gasteiger partial charge on any atom is -0.497 e. The van der Waals surface area contributed by atoms with Crippen molar-refractivity contribution in [3.63, 3.8) is 0 Å². The van der Waals surface area contributed by atoms with Gasteiger partial charge in [-0.05, 0) is 60.7 Å². The lowest BCUT2D eigenvalue weighted by molar-refractivity contribution is 0.104. The Bertz CT molecular complexity index is 1140. The van der Waals surface area contributed by atoms with E-state index in [-0.39, 0.29) is 5.78 Å². The van der Waals surface area contributed by atoms with Crippen molar-refractivity contribution in [3.05, 3.63) is 89.3 Å². The van der Waals surface area contributed by atoms with Gasteiger partial charge in [0.05, 0.1) is 19.9 Å². The molecule has 0 bridgehead atoms. The molecule has 0 atom stereocenters. The van der Waals surface area contributed by atoms with Crippen LogP contribution in [0.4, 0.5) is 10.8 Å². The van der Waals surface area contributed by atoms with E-state index >= 15 is 0 Å². The minimum atomic E-state index is -0.0814. The maximum absolute atomic E-state index is 13.3. The average molecular weight is 417 g/mol. The molecule has 0 amide bonds. The van der Waals surface area contributed by atoms with Crippen molar-refractivity contribution < 1.29 is 14.3 Å². The van der Waals surface area contributed by atoms with E-state index in [4.69, 9.17) is 14.5 Å². The molecular formula is C24H20N2O3S. The first kappa shape index (κ1) is 19.7. The number of hydrogen-bond donors (Lipinski definition) is 1. The Hall–Kier alpha value is -3.64. The summed E-state index contributed by atoms with van der Waals surface area (Å²) in [6.45, 7) is 0. The van der Waals surface area contributed by atoms with Crippen LogP contribution in [0.2, 0.25) is 0 Å². The fourth-order valence-electron chi connectivity index (χ4n) is 2.99. The molecule has 0 aliphatic heterocycles. The predicted octanol–water partition coefficient (Wildman–Crippen LogP) is 5.80. The van der Waals surface area contributed by atoms with Crippen molar-refractivity contribution in [2.24, 2.45) is 0 Å². The number of rotatable bonds is 7. The van der Waals surface area contributed by atoms with Gasteiger partial charge in [-0.1, -0.05) is 29.5 Å². The Balaban J connectivity index is 1.74. The molecule has 1 N–H and O–H groups in total. The van der Waals surface area contributed by atoms with Gasteiger partial charge in [-0.15, -0.1) is 0 Å². The summed E-state index contributed by atoms with van der Waals surface area (Å²) in [5.41, 5.74) is 2.99. The monoisotopic (exact) mass is 416 g/mol. The molecule has 0 spiro atoms. The molecular weight excluding hydrogens is 396 g/mol. The number of carbonyl (C=O) groups is 1. The fourth-order valence-corrected chi connectivity index (χ4v) is 3.96. The van der Waals surface area contributed by atoms with Gasteiger partial charge in [-0.3, -0.25) is 4.79 Å². The molecule has 4 rings (SSSR count). The number of aromatic nitrogens is 1. The molecule has 0 fully saturated rings. The van der Waals surface area contributed by atoms with E-state index in [1.54, 1.807) is 38.5 Å². The quantitative estimate of drug-likeness (QED) is 0.386. The number of nitrogens with one attached hydrogen (secondary N) is 1. The molecule has 0 saturated carbocycles. The molecule has 0 unspecified atom stereocenters. The van der Waals surface area contributed by atoms with E-state index in [9.17, 15) is 4.79 Å². The van der Waals surface area contributed by atoms with Crippen molar-refractivity contribution in [2.75, 3.05) is 19.5 Å². The molecule has 5 nitrogen and oxygen atoms in total. The number of carbonyl (C=O) groups excluding carboxylic acids is 1. The maximum atomic E-state index is 13.3. The lowest BCUT2D eigenvalue weighted by atomic mass is 10.0. The lowest BCUT2D eigenvalue weighted by Gasteiger charge is -2.05. The van der Waals surface area contributed by atoms with Gasteiger partial charge in [0, 0.05) is 16.8 Å². The predicted molar refractivity (Wildman–Crippen MR) is 120 cm³/mol. The summed E-state index contributed by atoms with van der Waals surface area (Å²) in [7, 11) is 3.22. The normalized spacial score (nSPS) is 10.5. The molecule has 4 aromatic rings. The second kappa shape index (κ2) is 8.80. The minimum absolute atomic E-state index is 0.0814. The number of para-hydroxylation sites is 1. The van der Waals surface area contributed by atoms with Gasteiger partial charge >= 0.3 is 0 Å². The van der Waals surface area contributed by atoms with Crippen molar-refractivity contribution in [2.45, 2.75) is 0 Å². The molecule has 3 aromatic carbocycles. The van der Waals surface area contributed by atoms with Crippen LogP contribution in [0.5, 0.6) is 11.5 Å². The van der Waals surface area contributed by atoms with Gasteiger partial charge in [0.2, 0.25) is 5.78 Å². The summed E-state index contributed by atoms with van der Waals surface area (Å²) in [6, 6.07) is 24.4.